The largest absolute Gasteiger partial charge is 0.393 e. The van der Waals surface area contributed by atoms with Crippen LogP contribution in [0.2, 0.25) is 0 Å². The third kappa shape index (κ3) is 3.05. The van der Waals surface area contributed by atoms with Crippen LogP contribution in [0.1, 0.15) is 51.9 Å². The Balaban J connectivity index is 1.52. The van der Waals surface area contributed by atoms with Gasteiger partial charge in [-0.25, -0.2) is 0 Å². The van der Waals surface area contributed by atoms with Gasteiger partial charge in [-0.3, -0.25) is 0 Å². The van der Waals surface area contributed by atoms with Gasteiger partial charge in [0.05, 0.1) is 12.2 Å². The van der Waals surface area contributed by atoms with Crippen LogP contribution >= 0.6 is 0 Å². The highest BCUT2D eigenvalue weighted by atomic mass is 16.3. The van der Waals surface area contributed by atoms with Gasteiger partial charge in [-0.1, -0.05) is 19.8 Å². The minimum absolute atomic E-state index is 0.0610. The van der Waals surface area contributed by atoms with Crippen molar-refractivity contribution in [1.82, 2.24) is 4.90 Å². The predicted octanol–water partition coefficient (Wildman–Crippen LogP) is 2.27. The smallest absolute Gasteiger partial charge is 0.0583 e. The van der Waals surface area contributed by atoms with Gasteiger partial charge in [0.25, 0.3) is 0 Å². The third-order valence-electron chi connectivity index (χ3n) is 6.14. The monoisotopic (exact) mass is 281 g/mol. The summed E-state index contributed by atoms with van der Waals surface area (Å²) >= 11 is 0. The molecule has 1 aliphatic heterocycles. The molecule has 1 saturated heterocycles. The Morgan fingerprint density at radius 2 is 1.80 bits per heavy atom. The van der Waals surface area contributed by atoms with Gasteiger partial charge in [-0.15, -0.1) is 0 Å². The average molecular weight is 281 g/mol. The topological polar surface area (TPSA) is 43.7 Å². The van der Waals surface area contributed by atoms with Gasteiger partial charge in [-0.2, -0.15) is 0 Å². The molecule has 6 atom stereocenters. The summed E-state index contributed by atoms with van der Waals surface area (Å²) in [5, 5.41) is 20.3. The number of rotatable bonds is 4. The number of nitrogens with zero attached hydrogens (tertiary/aromatic N) is 1. The van der Waals surface area contributed by atoms with E-state index >= 15 is 0 Å². The van der Waals surface area contributed by atoms with E-state index in [-0.39, 0.29) is 12.2 Å². The van der Waals surface area contributed by atoms with Crippen LogP contribution in [0.3, 0.4) is 0 Å². The Morgan fingerprint density at radius 3 is 2.55 bits per heavy atom. The molecular weight excluding hydrogens is 250 g/mol. The lowest BCUT2D eigenvalue weighted by molar-refractivity contribution is 0.0268. The maximum Gasteiger partial charge on any atom is 0.0583 e. The molecule has 116 valence electrons. The van der Waals surface area contributed by atoms with E-state index in [2.05, 4.69) is 11.8 Å². The summed E-state index contributed by atoms with van der Waals surface area (Å²) in [4.78, 5) is 2.53. The van der Waals surface area contributed by atoms with Gasteiger partial charge in [0.15, 0.2) is 0 Å². The van der Waals surface area contributed by atoms with E-state index in [1.54, 1.807) is 0 Å². The van der Waals surface area contributed by atoms with Crippen molar-refractivity contribution in [2.45, 2.75) is 64.1 Å². The van der Waals surface area contributed by atoms with Crippen LogP contribution in [0.15, 0.2) is 0 Å². The van der Waals surface area contributed by atoms with Crippen molar-refractivity contribution >= 4 is 0 Å². The van der Waals surface area contributed by atoms with Crippen LogP contribution in [-0.2, 0) is 0 Å². The number of aliphatic hydroxyl groups excluding tert-OH is 2. The lowest BCUT2D eigenvalue weighted by atomic mass is 9.77. The van der Waals surface area contributed by atoms with Crippen LogP contribution in [0.25, 0.3) is 0 Å². The highest BCUT2D eigenvalue weighted by molar-refractivity contribution is 4.95. The van der Waals surface area contributed by atoms with Crippen molar-refractivity contribution in [1.29, 1.82) is 0 Å². The second kappa shape index (κ2) is 6.33. The Bertz CT molecular complexity index is 322. The maximum absolute atomic E-state index is 10.3. The summed E-state index contributed by atoms with van der Waals surface area (Å²) in [6.07, 6.45) is 8.09. The van der Waals surface area contributed by atoms with Gasteiger partial charge >= 0.3 is 0 Å². The molecule has 3 rings (SSSR count). The van der Waals surface area contributed by atoms with E-state index in [4.69, 9.17) is 0 Å². The summed E-state index contributed by atoms with van der Waals surface area (Å²) in [6, 6.07) is 0. The highest BCUT2D eigenvalue weighted by Crippen LogP contribution is 2.39. The molecule has 0 spiro atoms. The van der Waals surface area contributed by atoms with Crippen molar-refractivity contribution in [2.75, 3.05) is 19.6 Å². The molecule has 3 nitrogen and oxygen atoms in total. The van der Waals surface area contributed by atoms with Gasteiger partial charge < -0.3 is 15.1 Å². The highest BCUT2D eigenvalue weighted by Gasteiger charge is 2.42. The van der Waals surface area contributed by atoms with Gasteiger partial charge in [0.2, 0.25) is 0 Å². The minimum atomic E-state index is -0.0894. The fraction of sp³-hybridized carbons (Fsp3) is 1.00. The number of hydrogen-bond donors (Lipinski definition) is 2. The Labute approximate surface area is 123 Å². The first-order valence-electron chi connectivity index (χ1n) is 8.75. The fourth-order valence-corrected chi connectivity index (χ4v) is 5.02. The van der Waals surface area contributed by atoms with Crippen molar-refractivity contribution in [2.24, 2.45) is 23.7 Å². The van der Waals surface area contributed by atoms with Gasteiger partial charge in [-0.05, 0) is 49.9 Å². The van der Waals surface area contributed by atoms with E-state index in [1.165, 1.54) is 32.1 Å². The number of aliphatic hydroxyl groups is 2. The van der Waals surface area contributed by atoms with Crippen LogP contribution in [0, 0.1) is 23.7 Å². The number of likely N-dealkylation sites (tertiary alicyclic amines) is 1. The zero-order chi connectivity index (χ0) is 14.1. The summed E-state index contributed by atoms with van der Waals surface area (Å²) in [6.45, 7) is 5.54. The molecule has 0 aromatic carbocycles. The van der Waals surface area contributed by atoms with Crippen LogP contribution in [-0.4, -0.2) is 47.0 Å². The SMILES string of the molecule is CCCC1CCC(O)C(CN2CC3CCC(O)C3C2)C1. The summed E-state index contributed by atoms with van der Waals surface area (Å²) in [5.74, 6) is 2.54. The molecule has 0 aromatic heterocycles. The molecule has 3 aliphatic rings. The average Bonchev–Trinajstić information content (AvgIpc) is 2.96. The molecule has 2 N–H and O–H groups in total. The third-order valence-corrected chi connectivity index (χ3v) is 6.14. The van der Waals surface area contributed by atoms with Gasteiger partial charge in [0.1, 0.15) is 0 Å². The van der Waals surface area contributed by atoms with E-state index in [1.807, 2.05) is 0 Å². The molecule has 2 aliphatic carbocycles. The van der Waals surface area contributed by atoms with Crippen molar-refractivity contribution in [3.05, 3.63) is 0 Å². The molecule has 1 heterocycles. The quantitative estimate of drug-likeness (QED) is 0.831. The first-order valence-corrected chi connectivity index (χ1v) is 8.75. The van der Waals surface area contributed by atoms with E-state index in [0.29, 0.717) is 11.8 Å². The second-order valence-corrected chi connectivity index (χ2v) is 7.58. The normalized spacial score (nSPS) is 45.8. The predicted molar refractivity (Wildman–Crippen MR) is 80.4 cm³/mol. The molecule has 3 fully saturated rings. The summed E-state index contributed by atoms with van der Waals surface area (Å²) in [7, 11) is 0. The first kappa shape index (κ1) is 14.8. The van der Waals surface area contributed by atoms with E-state index in [9.17, 15) is 10.2 Å². The minimum Gasteiger partial charge on any atom is -0.393 e. The summed E-state index contributed by atoms with van der Waals surface area (Å²) < 4.78 is 0. The lowest BCUT2D eigenvalue weighted by Gasteiger charge is -2.36. The zero-order valence-corrected chi connectivity index (χ0v) is 12.9. The molecule has 0 bridgehead atoms. The van der Waals surface area contributed by atoms with Crippen LogP contribution in [0.5, 0.6) is 0 Å². The first-order chi connectivity index (χ1) is 9.67. The van der Waals surface area contributed by atoms with Crippen molar-refractivity contribution in [3.63, 3.8) is 0 Å². The van der Waals surface area contributed by atoms with Crippen LogP contribution < -0.4 is 0 Å². The second-order valence-electron chi connectivity index (χ2n) is 7.58. The summed E-state index contributed by atoms with van der Waals surface area (Å²) in [5.41, 5.74) is 0. The van der Waals surface area contributed by atoms with Crippen molar-refractivity contribution < 1.29 is 10.2 Å². The Hall–Kier alpha value is -0.120. The maximum atomic E-state index is 10.3. The van der Waals surface area contributed by atoms with Crippen molar-refractivity contribution in [3.8, 4) is 0 Å². The van der Waals surface area contributed by atoms with E-state index < -0.39 is 0 Å². The molecular formula is C17H31NO2. The van der Waals surface area contributed by atoms with Gasteiger partial charge in [0, 0.05) is 25.6 Å². The van der Waals surface area contributed by atoms with Crippen LogP contribution in [0.4, 0.5) is 0 Å². The number of fused-ring (bicyclic) bond motifs is 1. The molecule has 0 radical (unpaired) electrons. The lowest BCUT2D eigenvalue weighted by Crippen LogP contribution is -2.38. The van der Waals surface area contributed by atoms with E-state index in [0.717, 1.165) is 44.3 Å². The Kier molecular flexibility index (Phi) is 4.68. The molecule has 3 heteroatoms. The standard InChI is InChI=1S/C17H31NO2/c1-2-3-12-4-6-16(19)14(8-12)10-18-9-13-5-7-17(20)15(13)11-18/h12-17,19-20H,2-11H2,1H3. The zero-order valence-electron chi connectivity index (χ0n) is 12.9. The molecule has 2 saturated carbocycles. The molecule has 6 unspecified atom stereocenters. The molecule has 0 aromatic rings. The molecule has 20 heavy (non-hydrogen) atoms. The fourth-order valence-electron chi connectivity index (χ4n) is 5.02. The Morgan fingerprint density at radius 1 is 1.00 bits per heavy atom. The molecule has 0 amide bonds. The number of hydrogen-bond acceptors (Lipinski definition) is 3.